The zero-order valence-corrected chi connectivity index (χ0v) is 10.2. The van der Waals surface area contributed by atoms with Gasteiger partial charge < -0.3 is 0 Å². The highest BCUT2D eigenvalue weighted by atomic mass is 14.2. The van der Waals surface area contributed by atoms with Gasteiger partial charge in [0.25, 0.3) is 0 Å². The first-order chi connectivity index (χ1) is 7.21. The van der Waals surface area contributed by atoms with E-state index >= 15 is 0 Å². The lowest BCUT2D eigenvalue weighted by molar-refractivity contribution is 0.572. The van der Waals surface area contributed by atoms with Crippen LogP contribution < -0.4 is 0 Å². The van der Waals surface area contributed by atoms with Gasteiger partial charge in [-0.25, -0.2) is 0 Å². The highest BCUT2D eigenvalue weighted by Crippen LogP contribution is 2.34. The van der Waals surface area contributed by atoms with Gasteiger partial charge >= 0.3 is 0 Å². The van der Waals surface area contributed by atoms with Gasteiger partial charge in [-0.05, 0) is 38.0 Å². The maximum Gasteiger partial charge on any atom is -0.00515 e. The molecule has 2 unspecified atom stereocenters. The maximum absolute atomic E-state index is 3.83. The van der Waals surface area contributed by atoms with Gasteiger partial charge in [0.05, 0.1) is 0 Å². The minimum absolute atomic E-state index is 0.553. The topological polar surface area (TPSA) is 0 Å². The lowest BCUT2D eigenvalue weighted by Crippen LogP contribution is -2.04. The molecule has 0 aliphatic heterocycles. The molecule has 0 nitrogen and oxygen atoms in total. The Morgan fingerprint density at radius 2 is 2.07 bits per heavy atom. The highest BCUT2D eigenvalue weighted by molar-refractivity contribution is 5.19. The molecule has 0 bridgehead atoms. The summed E-state index contributed by atoms with van der Waals surface area (Å²) in [5.41, 5.74) is 1.57. The third-order valence-electron chi connectivity index (χ3n) is 2.70. The van der Waals surface area contributed by atoms with E-state index in [9.17, 15) is 0 Å². The van der Waals surface area contributed by atoms with Crippen molar-refractivity contribution in [2.45, 2.75) is 33.1 Å². The van der Waals surface area contributed by atoms with E-state index < -0.39 is 0 Å². The Morgan fingerprint density at radius 3 is 2.53 bits per heavy atom. The van der Waals surface area contributed by atoms with E-state index in [4.69, 9.17) is 0 Å². The van der Waals surface area contributed by atoms with E-state index in [-0.39, 0.29) is 0 Å². The highest BCUT2D eigenvalue weighted by Gasteiger charge is 2.20. The van der Waals surface area contributed by atoms with Crippen LogP contribution in [0.15, 0.2) is 49.6 Å². The number of hydrogen-bond donors (Lipinski definition) is 0. The number of allylic oxidation sites excluding steroid dienone is 5. The lowest BCUT2D eigenvalue weighted by Gasteiger charge is -2.16. The van der Waals surface area contributed by atoms with E-state index in [0.717, 1.165) is 12.3 Å². The van der Waals surface area contributed by atoms with Crippen molar-refractivity contribution in [3.63, 3.8) is 0 Å². The molecule has 1 aliphatic carbocycles. The standard InChI is InChI=1S/C12H18.C3H6/c1-4-7-11-8-6-9-12(11)10(3)5-2;1-3-2/h4-5,9-11H,1-2,6-8H2,3H3;3H,1H2,2H3. The average molecular weight is 204 g/mol. The molecule has 15 heavy (non-hydrogen) atoms. The molecule has 0 saturated heterocycles. The molecule has 0 spiro atoms. The van der Waals surface area contributed by atoms with Crippen LogP contribution in [0.2, 0.25) is 0 Å². The van der Waals surface area contributed by atoms with E-state index in [2.05, 4.69) is 32.7 Å². The molecule has 0 fully saturated rings. The van der Waals surface area contributed by atoms with Crippen molar-refractivity contribution in [1.82, 2.24) is 0 Å². The second-order valence-corrected chi connectivity index (χ2v) is 3.94. The van der Waals surface area contributed by atoms with Gasteiger partial charge in [0.2, 0.25) is 0 Å². The van der Waals surface area contributed by atoms with Crippen LogP contribution in [0, 0.1) is 11.8 Å². The summed E-state index contributed by atoms with van der Waals surface area (Å²) >= 11 is 0. The molecule has 0 heteroatoms. The third-order valence-corrected chi connectivity index (χ3v) is 2.70. The number of hydrogen-bond acceptors (Lipinski definition) is 0. The molecular formula is C15H24. The zero-order valence-electron chi connectivity index (χ0n) is 10.2. The molecule has 0 N–H and O–H groups in total. The first-order valence-electron chi connectivity index (χ1n) is 5.71. The molecule has 0 heterocycles. The van der Waals surface area contributed by atoms with Crippen molar-refractivity contribution in [1.29, 1.82) is 0 Å². The fourth-order valence-corrected chi connectivity index (χ4v) is 1.93. The van der Waals surface area contributed by atoms with Gasteiger partial charge in [-0.3, -0.25) is 0 Å². The normalized spacial score (nSPS) is 20.7. The van der Waals surface area contributed by atoms with Gasteiger partial charge in [-0.15, -0.1) is 19.7 Å². The first kappa shape index (κ1) is 14.0. The van der Waals surface area contributed by atoms with Crippen LogP contribution >= 0.6 is 0 Å². The quantitative estimate of drug-likeness (QED) is 0.571. The fourth-order valence-electron chi connectivity index (χ4n) is 1.93. The molecule has 0 amide bonds. The van der Waals surface area contributed by atoms with Crippen molar-refractivity contribution >= 4 is 0 Å². The van der Waals surface area contributed by atoms with Gasteiger partial charge in [-0.2, -0.15) is 0 Å². The molecule has 0 aromatic heterocycles. The predicted molar refractivity (Wildman–Crippen MR) is 70.9 cm³/mol. The second-order valence-electron chi connectivity index (χ2n) is 3.94. The van der Waals surface area contributed by atoms with Crippen molar-refractivity contribution in [2.24, 2.45) is 11.8 Å². The Morgan fingerprint density at radius 1 is 1.47 bits per heavy atom. The Labute approximate surface area is 95.1 Å². The van der Waals surface area contributed by atoms with Gasteiger partial charge in [0.1, 0.15) is 0 Å². The Bertz CT molecular complexity index is 232. The molecule has 1 aliphatic rings. The van der Waals surface area contributed by atoms with Gasteiger partial charge in [-0.1, -0.05) is 36.8 Å². The van der Waals surface area contributed by atoms with Crippen LogP contribution in [0.5, 0.6) is 0 Å². The Hall–Kier alpha value is -1.04. The minimum atomic E-state index is 0.553. The largest absolute Gasteiger partial charge is 0.103 e. The zero-order chi connectivity index (χ0) is 11.7. The summed E-state index contributed by atoms with van der Waals surface area (Å²) in [5.74, 6) is 1.30. The average Bonchev–Trinajstić information content (AvgIpc) is 2.67. The molecule has 0 aromatic carbocycles. The summed E-state index contributed by atoms with van der Waals surface area (Å²) in [5, 5.41) is 0. The summed E-state index contributed by atoms with van der Waals surface area (Å²) < 4.78 is 0. The Balaban J connectivity index is 0.000000583. The van der Waals surface area contributed by atoms with Crippen molar-refractivity contribution < 1.29 is 0 Å². The molecule has 84 valence electrons. The van der Waals surface area contributed by atoms with E-state index in [1.54, 1.807) is 11.6 Å². The maximum atomic E-state index is 3.83. The molecular weight excluding hydrogens is 180 g/mol. The predicted octanol–water partition coefficient (Wildman–Crippen LogP) is 4.91. The van der Waals surface area contributed by atoms with Crippen LogP contribution in [-0.4, -0.2) is 0 Å². The summed E-state index contributed by atoms with van der Waals surface area (Å²) in [6.07, 6.45) is 11.9. The Kier molecular flexibility index (Phi) is 7.71. The van der Waals surface area contributed by atoms with Crippen LogP contribution in [0.1, 0.15) is 33.1 Å². The van der Waals surface area contributed by atoms with Crippen LogP contribution in [0.4, 0.5) is 0 Å². The summed E-state index contributed by atoms with van der Waals surface area (Å²) in [7, 11) is 0. The SMILES string of the molecule is C=CC.C=CCC1CCC=C1C(C)C=C. The first-order valence-corrected chi connectivity index (χ1v) is 5.71. The molecule has 0 saturated carbocycles. The smallest absolute Gasteiger partial charge is 0.00515 e. The van der Waals surface area contributed by atoms with E-state index in [1.165, 1.54) is 12.8 Å². The third kappa shape index (κ3) is 4.83. The molecule has 2 atom stereocenters. The number of rotatable bonds is 4. The van der Waals surface area contributed by atoms with Crippen molar-refractivity contribution in [3.8, 4) is 0 Å². The van der Waals surface area contributed by atoms with Crippen LogP contribution in [0.25, 0.3) is 0 Å². The van der Waals surface area contributed by atoms with Crippen molar-refractivity contribution in [3.05, 3.63) is 49.6 Å². The molecule has 0 aromatic rings. The van der Waals surface area contributed by atoms with Gasteiger partial charge in [0, 0.05) is 0 Å². The van der Waals surface area contributed by atoms with E-state index in [0.29, 0.717) is 5.92 Å². The lowest BCUT2D eigenvalue weighted by atomic mass is 9.89. The summed E-state index contributed by atoms with van der Waals surface area (Å²) in [6, 6.07) is 0. The monoisotopic (exact) mass is 204 g/mol. The summed E-state index contributed by atoms with van der Waals surface area (Å²) in [6.45, 7) is 15.1. The van der Waals surface area contributed by atoms with Crippen molar-refractivity contribution in [2.75, 3.05) is 0 Å². The van der Waals surface area contributed by atoms with E-state index in [1.807, 2.05) is 19.1 Å². The second kappa shape index (κ2) is 8.28. The summed E-state index contributed by atoms with van der Waals surface area (Å²) in [4.78, 5) is 0. The molecule has 0 radical (unpaired) electrons. The van der Waals surface area contributed by atoms with Crippen LogP contribution in [0.3, 0.4) is 0 Å². The molecule has 1 rings (SSSR count). The fraction of sp³-hybridized carbons (Fsp3) is 0.467. The van der Waals surface area contributed by atoms with Gasteiger partial charge in [0.15, 0.2) is 0 Å². The minimum Gasteiger partial charge on any atom is -0.103 e. The van der Waals surface area contributed by atoms with Crippen LogP contribution in [-0.2, 0) is 0 Å².